The first-order chi connectivity index (χ1) is 28.9. The SMILES string of the molecule is CC(C)C[C@H](NC(=O)[C@H](Cc1ccccc1)NC(=O)CCN1C(=O)COc2ccc(C(=O)O)cc21)C(=O)NC(CC1CCCCC1)C(O)CC(=O)NCCCn1ccnc1. The van der Waals surface area contributed by atoms with Crippen LogP contribution < -0.4 is 30.9 Å². The Kier molecular flexibility index (Phi) is 17.0. The standard InChI is InChI=1S/C44H59N7O9/c1-29(2)22-34(42(56)48-33(23-30-10-5-3-6-11-30)37(52)26-40(54)46-17-9-19-50-21-18-45-28-50)49-43(57)35(24-31-12-7-4-8-13-31)47-39(53)16-20-51-36-25-32(44(58)59)14-15-38(36)60-27-41(51)55/h4,7-8,12-15,18,21,25,28-30,33-35,37,52H,3,5-6,9-11,16-17,19-20,22-24,26-27H2,1-2H3,(H,46,54)(H,47,53)(H,48,56)(H,49,57)(H,58,59)/t33?,34-,35-,37?/m0/s1. The summed E-state index contributed by atoms with van der Waals surface area (Å²) in [5, 5.41) is 32.5. The van der Waals surface area contributed by atoms with Crippen LogP contribution in [0.25, 0.3) is 0 Å². The van der Waals surface area contributed by atoms with Crippen LogP contribution in [-0.4, -0.2) is 99.2 Å². The molecule has 4 atom stereocenters. The van der Waals surface area contributed by atoms with Crippen LogP contribution in [0.1, 0.15) is 94.0 Å². The van der Waals surface area contributed by atoms with Crippen LogP contribution in [0.4, 0.5) is 5.69 Å². The number of rotatable bonds is 22. The van der Waals surface area contributed by atoms with Gasteiger partial charge >= 0.3 is 5.97 Å². The molecule has 5 rings (SSSR count). The van der Waals surface area contributed by atoms with E-state index in [2.05, 4.69) is 26.3 Å². The molecule has 16 nitrogen and oxygen atoms in total. The fourth-order valence-electron chi connectivity index (χ4n) is 7.78. The summed E-state index contributed by atoms with van der Waals surface area (Å²) in [5.41, 5.74) is 0.945. The van der Waals surface area contributed by atoms with Crippen LogP contribution in [0.5, 0.6) is 5.75 Å². The van der Waals surface area contributed by atoms with Gasteiger partial charge in [0, 0.05) is 44.9 Å². The Balaban J connectivity index is 1.25. The lowest BCUT2D eigenvalue weighted by Crippen LogP contribution is -2.57. The van der Waals surface area contributed by atoms with E-state index >= 15 is 0 Å². The van der Waals surface area contributed by atoms with Gasteiger partial charge in [0.2, 0.25) is 23.6 Å². The van der Waals surface area contributed by atoms with Crippen molar-refractivity contribution in [3.05, 3.63) is 78.4 Å². The number of aromatic nitrogens is 2. The number of aromatic carboxylic acids is 1. The van der Waals surface area contributed by atoms with E-state index in [0.717, 1.165) is 37.7 Å². The van der Waals surface area contributed by atoms with Crippen molar-refractivity contribution < 1.29 is 43.7 Å². The summed E-state index contributed by atoms with van der Waals surface area (Å²) >= 11 is 0. The van der Waals surface area contributed by atoms with Crippen molar-refractivity contribution in [2.75, 3.05) is 24.6 Å². The number of hydrogen-bond donors (Lipinski definition) is 6. The van der Waals surface area contributed by atoms with Gasteiger partial charge in [0.05, 0.1) is 36.1 Å². The second kappa shape index (κ2) is 22.6. The summed E-state index contributed by atoms with van der Waals surface area (Å²) in [5.74, 6) is -3.02. The highest BCUT2D eigenvalue weighted by molar-refractivity contribution is 6.00. The lowest BCUT2D eigenvalue weighted by Gasteiger charge is -2.32. The summed E-state index contributed by atoms with van der Waals surface area (Å²) in [6.45, 7) is 4.56. The second-order valence-electron chi connectivity index (χ2n) is 16.2. The van der Waals surface area contributed by atoms with Gasteiger partial charge in [0.1, 0.15) is 17.8 Å². The Hall–Kier alpha value is -5.77. The maximum absolute atomic E-state index is 14.1. The largest absolute Gasteiger partial charge is 0.482 e. The van der Waals surface area contributed by atoms with Crippen molar-refractivity contribution in [3.8, 4) is 5.75 Å². The van der Waals surface area contributed by atoms with Gasteiger partial charge in [-0.1, -0.05) is 76.3 Å². The van der Waals surface area contributed by atoms with E-state index in [-0.39, 0.29) is 67.8 Å². The molecule has 1 fully saturated rings. The summed E-state index contributed by atoms with van der Waals surface area (Å²) < 4.78 is 7.38. The highest BCUT2D eigenvalue weighted by atomic mass is 16.5. The number of aliphatic hydroxyl groups excluding tert-OH is 1. The van der Waals surface area contributed by atoms with Crippen LogP contribution in [0, 0.1) is 11.8 Å². The second-order valence-corrected chi connectivity index (χ2v) is 16.2. The molecule has 1 aliphatic heterocycles. The fourth-order valence-corrected chi connectivity index (χ4v) is 7.78. The number of carboxylic acids is 1. The zero-order valence-corrected chi connectivity index (χ0v) is 34.5. The number of anilines is 1. The number of carbonyl (C=O) groups is 6. The van der Waals surface area contributed by atoms with Crippen molar-refractivity contribution in [2.24, 2.45) is 11.8 Å². The molecule has 16 heteroatoms. The number of benzene rings is 2. The average Bonchev–Trinajstić information content (AvgIpc) is 3.75. The number of carbonyl (C=O) groups excluding carboxylic acids is 5. The van der Waals surface area contributed by atoms with Gasteiger partial charge in [-0.3, -0.25) is 24.0 Å². The van der Waals surface area contributed by atoms with E-state index in [1.165, 1.54) is 23.1 Å². The molecule has 2 aliphatic rings. The first kappa shape index (κ1) is 45.3. The van der Waals surface area contributed by atoms with Gasteiger partial charge in [-0.15, -0.1) is 0 Å². The molecule has 5 amide bonds. The number of nitrogens with one attached hydrogen (secondary N) is 4. The van der Waals surface area contributed by atoms with Gasteiger partial charge in [-0.2, -0.15) is 0 Å². The Morgan fingerprint density at radius 1 is 0.917 bits per heavy atom. The Morgan fingerprint density at radius 3 is 2.37 bits per heavy atom. The minimum absolute atomic E-state index is 0.0198. The van der Waals surface area contributed by atoms with E-state index in [9.17, 15) is 39.0 Å². The topological polar surface area (TPSA) is 221 Å². The van der Waals surface area contributed by atoms with E-state index < -0.39 is 53.8 Å². The molecule has 2 heterocycles. The number of hydrogen-bond acceptors (Lipinski definition) is 9. The van der Waals surface area contributed by atoms with E-state index in [1.54, 1.807) is 12.5 Å². The molecule has 60 heavy (non-hydrogen) atoms. The van der Waals surface area contributed by atoms with Gasteiger partial charge in [0.25, 0.3) is 5.91 Å². The molecular formula is C44H59N7O9. The Labute approximate surface area is 350 Å². The molecular weight excluding hydrogens is 771 g/mol. The number of amides is 5. The fraction of sp³-hybridized carbons (Fsp3) is 0.523. The van der Waals surface area contributed by atoms with E-state index in [0.29, 0.717) is 31.7 Å². The summed E-state index contributed by atoms with van der Waals surface area (Å²) in [7, 11) is 0. The first-order valence-electron chi connectivity index (χ1n) is 21.0. The number of aliphatic hydroxyl groups is 1. The van der Waals surface area contributed by atoms with Crippen molar-refractivity contribution in [2.45, 2.75) is 115 Å². The minimum atomic E-state index is -1.18. The minimum Gasteiger partial charge on any atom is -0.482 e. The lowest BCUT2D eigenvalue weighted by molar-refractivity contribution is -0.133. The van der Waals surface area contributed by atoms with Crippen LogP contribution in [-0.2, 0) is 36.9 Å². The number of ether oxygens (including phenoxy) is 1. The van der Waals surface area contributed by atoms with Crippen molar-refractivity contribution in [1.29, 1.82) is 0 Å². The number of nitrogens with zero attached hydrogens (tertiary/aromatic N) is 3. The molecule has 2 unspecified atom stereocenters. The monoisotopic (exact) mass is 829 g/mol. The molecule has 0 bridgehead atoms. The van der Waals surface area contributed by atoms with Gasteiger partial charge < -0.3 is 45.7 Å². The van der Waals surface area contributed by atoms with Crippen molar-refractivity contribution >= 4 is 41.2 Å². The number of aryl methyl sites for hydroxylation is 1. The third-order valence-corrected chi connectivity index (χ3v) is 11.0. The third-order valence-electron chi connectivity index (χ3n) is 11.0. The molecule has 0 saturated heterocycles. The molecule has 0 spiro atoms. The van der Waals surface area contributed by atoms with Crippen LogP contribution in [0.3, 0.4) is 0 Å². The number of fused-ring (bicyclic) bond motifs is 1. The van der Waals surface area contributed by atoms with Gasteiger partial charge in [0.15, 0.2) is 6.61 Å². The van der Waals surface area contributed by atoms with E-state index in [1.807, 2.05) is 54.9 Å². The Morgan fingerprint density at radius 2 is 1.67 bits per heavy atom. The smallest absolute Gasteiger partial charge is 0.335 e. The highest BCUT2D eigenvalue weighted by Crippen LogP contribution is 2.33. The zero-order chi connectivity index (χ0) is 43.0. The maximum atomic E-state index is 14.1. The van der Waals surface area contributed by atoms with Crippen molar-refractivity contribution in [1.82, 2.24) is 30.8 Å². The van der Waals surface area contributed by atoms with Gasteiger partial charge in [-0.25, -0.2) is 9.78 Å². The average molecular weight is 830 g/mol. The molecule has 3 aromatic rings. The van der Waals surface area contributed by atoms with Crippen LogP contribution in [0.15, 0.2) is 67.3 Å². The molecule has 6 N–H and O–H groups in total. The van der Waals surface area contributed by atoms with E-state index in [4.69, 9.17) is 4.74 Å². The molecule has 0 radical (unpaired) electrons. The molecule has 2 aromatic carbocycles. The third kappa shape index (κ3) is 13.9. The molecule has 1 aliphatic carbocycles. The quantitative estimate of drug-likeness (QED) is 0.0811. The molecule has 1 aromatic heterocycles. The Bertz CT molecular complexity index is 1900. The normalized spacial score (nSPS) is 16.1. The van der Waals surface area contributed by atoms with Crippen LogP contribution >= 0.6 is 0 Å². The van der Waals surface area contributed by atoms with Gasteiger partial charge in [-0.05, 0) is 54.9 Å². The molecule has 324 valence electrons. The predicted molar refractivity (Wildman–Crippen MR) is 223 cm³/mol. The lowest BCUT2D eigenvalue weighted by atomic mass is 9.83. The van der Waals surface area contributed by atoms with Crippen LogP contribution in [0.2, 0.25) is 0 Å². The number of imidazole rings is 1. The number of carboxylic acid groups (broad SMARTS) is 1. The molecule has 1 saturated carbocycles. The predicted octanol–water partition coefficient (Wildman–Crippen LogP) is 3.37. The van der Waals surface area contributed by atoms with Crippen molar-refractivity contribution in [3.63, 3.8) is 0 Å². The maximum Gasteiger partial charge on any atom is 0.335 e. The summed E-state index contributed by atoms with van der Waals surface area (Å²) in [6.07, 6.45) is 10.4. The zero-order valence-electron chi connectivity index (χ0n) is 34.5. The summed E-state index contributed by atoms with van der Waals surface area (Å²) in [6, 6.07) is 10.4. The summed E-state index contributed by atoms with van der Waals surface area (Å²) in [4.78, 5) is 84.5. The first-order valence-corrected chi connectivity index (χ1v) is 21.0. The highest BCUT2D eigenvalue weighted by Gasteiger charge is 2.33.